The minimum absolute atomic E-state index is 0.138. The number of aryl methyl sites for hydroxylation is 2. The molecular formula is C15H16Cl2N2O3. The van der Waals surface area contributed by atoms with Gasteiger partial charge in [-0.1, -0.05) is 23.2 Å². The summed E-state index contributed by atoms with van der Waals surface area (Å²) < 4.78 is 5.33. The standard InChI is InChI=1S/C15H16Cl2N2O3/c1-7-5-11(17)9(6-10(7)16)12-13(8(2)18-14(12)20)22-15(21)19(3)4/h5-6,18,20H,1-4H3. The van der Waals surface area contributed by atoms with Crippen molar-refractivity contribution in [1.29, 1.82) is 0 Å². The van der Waals surface area contributed by atoms with E-state index in [0.29, 0.717) is 26.9 Å². The lowest BCUT2D eigenvalue weighted by molar-refractivity contribution is 0.172. The molecule has 0 radical (unpaired) electrons. The number of nitrogens with one attached hydrogen (secondary N) is 1. The fourth-order valence-electron chi connectivity index (χ4n) is 1.99. The minimum atomic E-state index is -0.558. The first-order valence-corrected chi connectivity index (χ1v) is 7.24. The van der Waals surface area contributed by atoms with Crippen LogP contribution >= 0.6 is 23.2 Å². The van der Waals surface area contributed by atoms with Crippen LogP contribution in [0, 0.1) is 13.8 Å². The molecule has 1 amide bonds. The van der Waals surface area contributed by atoms with Gasteiger partial charge in [0.05, 0.1) is 11.3 Å². The SMILES string of the molecule is Cc1cc(Cl)c(-c2c(O)[nH]c(C)c2OC(=O)N(C)C)cc1Cl. The Labute approximate surface area is 138 Å². The van der Waals surface area contributed by atoms with E-state index >= 15 is 0 Å². The summed E-state index contributed by atoms with van der Waals surface area (Å²) in [5, 5.41) is 11.0. The van der Waals surface area contributed by atoms with Crippen molar-refractivity contribution in [3.8, 4) is 22.8 Å². The molecule has 0 unspecified atom stereocenters. The zero-order chi connectivity index (χ0) is 16.6. The number of amides is 1. The van der Waals surface area contributed by atoms with E-state index in [4.69, 9.17) is 27.9 Å². The summed E-state index contributed by atoms with van der Waals surface area (Å²) in [5.74, 6) is 0.0823. The molecule has 5 nitrogen and oxygen atoms in total. The number of carbonyl (C=O) groups is 1. The van der Waals surface area contributed by atoms with Gasteiger partial charge in [0, 0.05) is 29.7 Å². The summed E-state index contributed by atoms with van der Waals surface area (Å²) in [5.41, 5.74) is 2.12. The number of aromatic amines is 1. The number of ether oxygens (including phenoxy) is 1. The van der Waals surface area contributed by atoms with Gasteiger partial charge in [0.25, 0.3) is 0 Å². The number of rotatable bonds is 2. The van der Waals surface area contributed by atoms with Gasteiger partial charge < -0.3 is 19.7 Å². The van der Waals surface area contributed by atoms with Crippen LogP contribution in [0.4, 0.5) is 4.79 Å². The molecule has 2 aromatic rings. The Bertz CT molecular complexity index is 739. The predicted octanol–water partition coefficient (Wildman–Crippen LogP) is 4.37. The third-order valence-electron chi connectivity index (χ3n) is 3.18. The van der Waals surface area contributed by atoms with Crippen molar-refractivity contribution in [2.24, 2.45) is 0 Å². The van der Waals surface area contributed by atoms with Crippen molar-refractivity contribution >= 4 is 29.3 Å². The van der Waals surface area contributed by atoms with Gasteiger partial charge in [0.15, 0.2) is 5.75 Å². The highest BCUT2D eigenvalue weighted by atomic mass is 35.5. The van der Waals surface area contributed by atoms with E-state index in [0.717, 1.165) is 5.56 Å². The molecule has 0 aliphatic carbocycles. The molecule has 0 bridgehead atoms. The fourth-order valence-corrected chi connectivity index (χ4v) is 2.46. The van der Waals surface area contributed by atoms with Crippen LogP contribution in [0.3, 0.4) is 0 Å². The molecular weight excluding hydrogens is 327 g/mol. The second-order valence-corrected chi connectivity index (χ2v) is 5.96. The van der Waals surface area contributed by atoms with E-state index < -0.39 is 6.09 Å². The molecule has 7 heteroatoms. The maximum absolute atomic E-state index is 11.8. The van der Waals surface area contributed by atoms with Crippen LogP contribution in [0.5, 0.6) is 11.6 Å². The normalized spacial score (nSPS) is 10.6. The Balaban J connectivity index is 2.61. The second kappa shape index (κ2) is 6.10. The van der Waals surface area contributed by atoms with Gasteiger partial charge in [-0.3, -0.25) is 0 Å². The molecule has 0 saturated heterocycles. The molecule has 118 valence electrons. The number of aromatic hydroxyl groups is 1. The molecule has 0 spiro atoms. The van der Waals surface area contributed by atoms with E-state index in [-0.39, 0.29) is 11.6 Å². The van der Waals surface area contributed by atoms with Crippen LogP contribution in [0.2, 0.25) is 10.0 Å². The lowest BCUT2D eigenvalue weighted by Gasteiger charge is -2.13. The van der Waals surface area contributed by atoms with Crippen molar-refractivity contribution in [2.75, 3.05) is 14.1 Å². The Kier molecular flexibility index (Phi) is 4.58. The highest BCUT2D eigenvalue weighted by molar-refractivity contribution is 6.36. The van der Waals surface area contributed by atoms with Crippen LogP contribution in [0.15, 0.2) is 12.1 Å². The van der Waals surface area contributed by atoms with Crippen LogP contribution in [-0.2, 0) is 0 Å². The van der Waals surface area contributed by atoms with Crippen molar-refractivity contribution in [2.45, 2.75) is 13.8 Å². The molecule has 0 atom stereocenters. The van der Waals surface area contributed by atoms with E-state index in [1.165, 1.54) is 4.90 Å². The topological polar surface area (TPSA) is 65.6 Å². The summed E-state index contributed by atoms with van der Waals surface area (Å²) in [6.07, 6.45) is -0.558. The van der Waals surface area contributed by atoms with E-state index in [2.05, 4.69) is 4.98 Å². The molecule has 22 heavy (non-hydrogen) atoms. The summed E-state index contributed by atoms with van der Waals surface area (Å²) in [6.45, 7) is 3.51. The second-order valence-electron chi connectivity index (χ2n) is 5.15. The zero-order valence-corrected chi connectivity index (χ0v) is 14.1. The smallest absolute Gasteiger partial charge is 0.414 e. The van der Waals surface area contributed by atoms with Crippen LogP contribution in [0.1, 0.15) is 11.3 Å². The molecule has 1 aromatic heterocycles. The molecule has 2 rings (SSSR count). The van der Waals surface area contributed by atoms with Gasteiger partial charge >= 0.3 is 6.09 Å². The number of benzene rings is 1. The number of hydrogen-bond donors (Lipinski definition) is 2. The van der Waals surface area contributed by atoms with Gasteiger partial charge in [-0.15, -0.1) is 0 Å². The van der Waals surface area contributed by atoms with Crippen molar-refractivity contribution in [3.05, 3.63) is 33.4 Å². The van der Waals surface area contributed by atoms with E-state index in [1.807, 2.05) is 6.92 Å². The Morgan fingerprint density at radius 2 is 1.86 bits per heavy atom. The average molecular weight is 343 g/mol. The predicted molar refractivity (Wildman–Crippen MR) is 87.1 cm³/mol. The highest BCUT2D eigenvalue weighted by Gasteiger charge is 2.23. The molecule has 2 N–H and O–H groups in total. The minimum Gasteiger partial charge on any atom is -0.494 e. The van der Waals surface area contributed by atoms with Crippen molar-refractivity contribution < 1.29 is 14.6 Å². The van der Waals surface area contributed by atoms with Crippen molar-refractivity contribution in [1.82, 2.24) is 9.88 Å². The molecule has 0 saturated carbocycles. The third-order valence-corrected chi connectivity index (χ3v) is 3.90. The van der Waals surface area contributed by atoms with Gasteiger partial charge in [0.2, 0.25) is 5.88 Å². The number of nitrogens with zero attached hydrogens (tertiary/aromatic N) is 1. The quantitative estimate of drug-likeness (QED) is 0.851. The van der Waals surface area contributed by atoms with Gasteiger partial charge in [-0.25, -0.2) is 4.79 Å². The summed E-state index contributed by atoms with van der Waals surface area (Å²) >= 11 is 12.4. The number of H-pyrrole nitrogens is 1. The Morgan fingerprint density at radius 3 is 2.45 bits per heavy atom. The lowest BCUT2D eigenvalue weighted by atomic mass is 10.1. The first-order chi connectivity index (χ1) is 10.2. The maximum atomic E-state index is 11.8. The van der Waals surface area contributed by atoms with E-state index in [1.54, 1.807) is 33.2 Å². The molecule has 1 aromatic carbocycles. The number of aromatic nitrogens is 1. The van der Waals surface area contributed by atoms with Gasteiger partial charge in [-0.2, -0.15) is 0 Å². The van der Waals surface area contributed by atoms with E-state index in [9.17, 15) is 9.90 Å². The third kappa shape index (κ3) is 3.00. The number of carbonyl (C=O) groups excluding carboxylic acids is 1. The molecule has 1 heterocycles. The fraction of sp³-hybridized carbons (Fsp3) is 0.267. The number of hydrogen-bond acceptors (Lipinski definition) is 3. The van der Waals surface area contributed by atoms with Gasteiger partial charge in [0.1, 0.15) is 0 Å². The molecule has 0 aliphatic rings. The van der Waals surface area contributed by atoms with Gasteiger partial charge in [-0.05, 0) is 31.5 Å². The van der Waals surface area contributed by atoms with Crippen LogP contribution in [0.25, 0.3) is 11.1 Å². The summed E-state index contributed by atoms with van der Waals surface area (Å²) in [6, 6.07) is 3.33. The monoisotopic (exact) mass is 342 g/mol. The lowest BCUT2D eigenvalue weighted by Crippen LogP contribution is -2.25. The largest absolute Gasteiger partial charge is 0.494 e. The maximum Gasteiger partial charge on any atom is 0.414 e. The molecule has 0 fully saturated rings. The van der Waals surface area contributed by atoms with Crippen LogP contribution in [-0.4, -0.2) is 35.2 Å². The number of halogens is 2. The zero-order valence-electron chi connectivity index (χ0n) is 12.6. The van der Waals surface area contributed by atoms with Crippen LogP contribution < -0.4 is 4.74 Å². The Morgan fingerprint density at radius 1 is 1.23 bits per heavy atom. The van der Waals surface area contributed by atoms with Crippen molar-refractivity contribution in [3.63, 3.8) is 0 Å². The highest BCUT2D eigenvalue weighted by Crippen LogP contribution is 2.44. The Hall–Kier alpha value is -1.85. The summed E-state index contributed by atoms with van der Waals surface area (Å²) in [4.78, 5) is 15.8. The average Bonchev–Trinajstić information content (AvgIpc) is 2.69. The first-order valence-electron chi connectivity index (χ1n) is 6.49. The summed E-state index contributed by atoms with van der Waals surface area (Å²) in [7, 11) is 3.14. The molecule has 0 aliphatic heterocycles. The first kappa shape index (κ1) is 16.5.